The number of aliphatic hydroxyl groups is 2. The smallest absolute Gasteiger partial charge is 1.00 e. The fraction of sp³-hybridized carbons (Fsp3) is 0.800. The zero-order chi connectivity index (χ0) is 12.8. The molecule has 0 heterocycles. The molecule has 17 heavy (non-hydrogen) atoms. The number of hydrogen-bond donors (Lipinski definition) is 3. The van der Waals surface area contributed by atoms with E-state index >= 15 is 0 Å². The zero-order valence-corrected chi connectivity index (χ0v) is 12.8. The Bertz CT molecular complexity index is 263. The van der Waals surface area contributed by atoms with Crippen LogP contribution in [-0.2, 0) is 14.3 Å². The summed E-state index contributed by atoms with van der Waals surface area (Å²) in [6.45, 7) is 2.93. The van der Waals surface area contributed by atoms with Crippen molar-refractivity contribution in [2.45, 2.75) is 26.4 Å². The number of carbonyl (C=O) groups excluding carboxylic acids is 2. The third-order valence-corrected chi connectivity index (χ3v) is 2.25. The second-order valence-electron chi connectivity index (χ2n) is 4.17. The van der Waals surface area contributed by atoms with Gasteiger partial charge in [0.1, 0.15) is 6.10 Å². The number of aliphatic hydroxyl groups excluding tert-OH is 2. The summed E-state index contributed by atoms with van der Waals surface area (Å²) in [4.78, 5) is 22.1. The topological polar surface area (TPSA) is 95.9 Å². The number of ether oxygens (including phenoxy) is 1. The van der Waals surface area contributed by atoms with E-state index < -0.39 is 23.4 Å². The van der Waals surface area contributed by atoms with E-state index in [9.17, 15) is 14.7 Å². The Labute approximate surface area is 124 Å². The van der Waals surface area contributed by atoms with E-state index in [1.807, 2.05) is 0 Å². The second-order valence-corrected chi connectivity index (χ2v) is 4.17. The summed E-state index contributed by atoms with van der Waals surface area (Å²) in [5, 5.41) is 20.9. The fourth-order valence-corrected chi connectivity index (χ4v) is 0.928. The molecular formula is C10H20NNaO5. The SMILES string of the molecule is COC(=O)CCNC(=O)[C@H](O)C(C)(C)CO.[H-].[Na+]. The maximum absolute atomic E-state index is 11.4. The first kappa shape index (κ1) is 19.2. The molecule has 0 aromatic heterocycles. The van der Waals surface area contributed by atoms with Crippen LogP contribution in [0.5, 0.6) is 0 Å². The molecule has 96 valence electrons. The van der Waals surface area contributed by atoms with Crippen LogP contribution in [0.3, 0.4) is 0 Å². The van der Waals surface area contributed by atoms with E-state index in [0.717, 1.165) is 0 Å². The molecule has 0 aliphatic rings. The minimum atomic E-state index is -1.31. The van der Waals surface area contributed by atoms with Crippen molar-refractivity contribution in [3.05, 3.63) is 0 Å². The maximum Gasteiger partial charge on any atom is 1.00 e. The fourth-order valence-electron chi connectivity index (χ4n) is 0.928. The van der Waals surface area contributed by atoms with Crippen molar-refractivity contribution in [2.75, 3.05) is 20.3 Å². The zero-order valence-electron chi connectivity index (χ0n) is 11.8. The predicted octanol–water partition coefficient (Wildman–Crippen LogP) is -3.84. The van der Waals surface area contributed by atoms with Crippen molar-refractivity contribution in [2.24, 2.45) is 5.41 Å². The molecule has 0 aromatic carbocycles. The van der Waals surface area contributed by atoms with E-state index in [4.69, 9.17) is 5.11 Å². The van der Waals surface area contributed by atoms with Crippen LogP contribution in [0.15, 0.2) is 0 Å². The summed E-state index contributed by atoms with van der Waals surface area (Å²) >= 11 is 0. The monoisotopic (exact) mass is 257 g/mol. The van der Waals surface area contributed by atoms with Crippen LogP contribution < -0.4 is 34.9 Å². The van der Waals surface area contributed by atoms with E-state index in [1.54, 1.807) is 13.8 Å². The molecule has 0 unspecified atom stereocenters. The molecule has 0 aliphatic heterocycles. The summed E-state index contributed by atoms with van der Waals surface area (Å²) < 4.78 is 4.39. The molecule has 0 fully saturated rings. The molecule has 0 aromatic rings. The van der Waals surface area contributed by atoms with Crippen LogP contribution >= 0.6 is 0 Å². The standard InChI is InChI=1S/C10H19NO5.Na.H/c1-10(2,6-12)8(14)9(15)11-5-4-7(13)16-3;;/h8,12,14H,4-6H2,1-3H3,(H,11,15);;/q;+1;-1/t8-;;/m0../s1. The van der Waals surface area contributed by atoms with E-state index in [0.29, 0.717) is 0 Å². The first-order valence-corrected chi connectivity index (χ1v) is 4.98. The number of carbonyl (C=O) groups is 2. The molecule has 3 N–H and O–H groups in total. The summed E-state index contributed by atoms with van der Waals surface area (Å²) in [6.07, 6.45) is -1.26. The quantitative estimate of drug-likeness (QED) is 0.334. The van der Waals surface area contributed by atoms with Gasteiger partial charge in [-0.1, -0.05) is 13.8 Å². The molecule has 0 radical (unpaired) electrons. The number of rotatable bonds is 6. The first-order chi connectivity index (χ1) is 7.35. The average molecular weight is 257 g/mol. The van der Waals surface area contributed by atoms with Gasteiger partial charge in [-0.3, -0.25) is 9.59 Å². The molecule has 0 bridgehead atoms. The van der Waals surface area contributed by atoms with Crippen LogP contribution in [0.1, 0.15) is 21.7 Å². The molecule has 7 heteroatoms. The molecule has 1 amide bonds. The molecule has 0 spiro atoms. The molecule has 0 saturated carbocycles. The van der Waals surface area contributed by atoms with Crippen molar-refractivity contribution in [1.29, 1.82) is 0 Å². The van der Waals surface area contributed by atoms with Crippen molar-refractivity contribution >= 4 is 11.9 Å². The molecule has 6 nitrogen and oxygen atoms in total. The first-order valence-electron chi connectivity index (χ1n) is 4.98. The Hall–Kier alpha value is -0.140. The Morgan fingerprint density at radius 2 is 2.00 bits per heavy atom. The minimum Gasteiger partial charge on any atom is -1.00 e. The van der Waals surface area contributed by atoms with Crippen LogP contribution in [0.4, 0.5) is 0 Å². The van der Waals surface area contributed by atoms with Gasteiger partial charge in [0, 0.05) is 12.0 Å². The van der Waals surface area contributed by atoms with Crippen molar-refractivity contribution in [3.8, 4) is 0 Å². The van der Waals surface area contributed by atoms with Gasteiger partial charge < -0.3 is 21.7 Å². The molecule has 1 atom stereocenters. The molecule has 0 saturated heterocycles. The summed E-state index contributed by atoms with van der Waals surface area (Å²) in [5.41, 5.74) is -0.907. The minimum absolute atomic E-state index is 0. The average Bonchev–Trinajstić information content (AvgIpc) is 2.27. The van der Waals surface area contributed by atoms with E-state index in [1.165, 1.54) is 7.11 Å². The van der Waals surface area contributed by atoms with Gasteiger partial charge in [0.15, 0.2) is 0 Å². The van der Waals surface area contributed by atoms with Gasteiger partial charge in [0.25, 0.3) is 0 Å². The Morgan fingerprint density at radius 1 is 1.47 bits per heavy atom. The van der Waals surface area contributed by atoms with Gasteiger partial charge >= 0.3 is 35.5 Å². The van der Waals surface area contributed by atoms with Crippen LogP contribution in [0.25, 0.3) is 0 Å². The van der Waals surface area contributed by atoms with Gasteiger partial charge in [0.05, 0.1) is 20.1 Å². The number of hydrogen-bond acceptors (Lipinski definition) is 5. The van der Waals surface area contributed by atoms with Crippen LogP contribution in [0, 0.1) is 5.41 Å². The van der Waals surface area contributed by atoms with Crippen LogP contribution in [0.2, 0.25) is 0 Å². The summed E-state index contributed by atoms with van der Waals surface area (Å²) in [7, 11) is 1.26. The van der Waals surface area contributed by atoms with Gasteiger partial charge in [-0.15, -0.1) is 0 Å². The second kappa shape index (κ2) is 8.88. The predicted molar refractivity (Wildman–Crippen MR) is 57.6 cm³/mol. The van der Waals surface area contributed by atoms with Crippen LogP contribution in [-0.4, -0.2) is 48.5 Å². The van der Waals surface area contributed by atoms with Gasteiger partial charge in [-0.2, -0.15) is 0 Å². The largest absolute Gasteiger partial charge is 1.00 e. The number of methoxy groups -OCH3 is 1. The van der Waals surface area contributed by atoms with Crippen molar-refractivity contribution in [1.82, 2.24) is 5.32 Å². The van der Waals surface area contributed by atoms with E-state index in [2.05, 4.69) is 10.1 Å². The normalized spacial score (nSPS) is 12.3. The van der Waals surface area contributed by atoms with Gasteiger partial charge in [0.2, 0.25) is 5.91 Å². The number of esters is 1. The molecular weight excluding hydrogens is 237 g/mol. The maximum atomic E-state index is 11.4. The third-order valence-electron chi connectivity index (χ3n) is 2.25. The van der Waals surface area contributed by atoms with E-state index in [-0.39, 0.29) is 50.6 Å². The Balaban J connectivity index is -0.00000112. The molecule has 0 rings (SSSR count). The van der Waals surface area contributed by atoms with Gasteiger partial charge in [-0.25, -0.2) is 0 Å². The van der Waals surface area contributed by atoms with Crippen molar-refractivity contribution < 1.29 is 55.5 Å². The number of amides is 1. The Kier molecular flexibility index (Phi) is 10.0. The summed E-state index contributed by atoms with van der Waals surface area (Å²) in [5.74, 6) is -1.04. The molecule has 0 aliphatic carbocycles. The number of nitrogens with one attached hydrogen (secondary N) is 1. The third kappa shape index (κ3) is 7.00. The van der Waals surface area contributed by atoms with Gasteiger partial charge in [-0.05, 0) is 0 Å². The Morgan fingerprint density at radius 3 is 2.41 bits per heavy atom. The van der Waals surface area contributed by atoms with Crippen molar-refractivity contribution in [3.63, 3.8) is 0 Å². The summed E-state index contributed by atoms with van der Waals surface area (Å²) in [6, 6.07) is 0.